The Morgan fingerprint density at radius 1 is 1.53 bits per heavy atom. The van der Waals surface area contributed by atoms with Gasteiger partial charge in [-0.1, -0.05) is 26.2 Å². The van der Waals surface area contributed by atoms with E-state index in [-0.39, 0.29) is 11.9 Å². The lowest BCUT2D eigenvalue weighted by atomic mass is 10.1. The van der Waals surface area contributed by atoms with Crippen molar-refractivity contribution in [1.29, 1.82) is 0 Å². The lowest BCUT2D eigenvalue weighted by Gasteiger charge is -2.13. The minimum Gasteiger partial charge on any atom is -0.350 e. The van der Waals surface area contributed by atoms with E-state index in [0.717, 1.165) is 12.8 Å². The average molecular weight is 299 g/mol. The number of carbonyl (C=O) groups excluding carboxylic acids is 1. The summed E-state index contributed by atoms with van der Waals surface area (Å²) in [6, 6.07) is 3.67. The van der Waals surface area contributed by atoms with E-state index in [1.807, 2.05) is 6.92 Å². The Labute approximate surface area is 111 Å². The second kappa shape index (κ2) is 7.43. The number of amides is 1. The van der Waals surface area contributed by atoms with Crippen molar-refractivity contribution in [3.05, 3.63) is 28.5 Å². The quantitative estimate of drug-likeness (QED) is 0.645. The lowest BCUT2D eigenvalue weighted by Crippen LogP contribution is -2.32. The Morgan fingerprint density at radius 3 is 2.94 bits per heavy atom. The van der Waals surface area contributed by atoms with Crippen LogP contribution in [0.15, 0.2) is 22.9 Å². The molecule has 1 aromatic heterocycles. The van der Waals surface area contributed by atoms with Gasteiger partial charge in [-0.25, -0.2) is 4.98 Å². The van der Waals surface area contributed by atoms with Gasteiger partial charge in [0.05, 0.1) is 0 Å². The monoisotopic (exact) mass is 298 g/mol. The zero-order chi connectivity index (χ0) is 12.7. The topological polar surface area (TPSA) is 42.0 Å². The number of aromatic nitrogens is 1. The largest absolute Gasteiger partial charge is 0.350 e. The zero-order valence-electron chi connectivity index (χ0n) is 10.4. The van der Waals surface area contributed by atoms with Crippen molar-refractivity contribution >= 4 is 21.8 Å². The summed E-state index contributed by atoms with van der Waals surface area (Å²) in [6.45, 7) is 4.22. The molecule has 0 aromatic carbocycles. The number of halogens is 1. The molecule has 0 radical (unpaired) electrons. The average Bonchev–Trinajstić information content (AvgIpc) is 2.29. The van der Waals surface area contributed by atoms with E-state index in [0.29, 0.717) is 10.2 Å². The Morgan fingerprint density at radius 2 is 2.29 bits per heavy atom. The normalized spacial score (nSPS) is 12.2. The van der Waals surface area contributed by atoms with Gasteiger partial charge >= 0.3 is 0 Å². The van der Waals surface area contributed by atoms with Crippen LogP contribution in [0, 0.1) is 0 Å². The van der Waals surface area contributed by atoms with Crippen molar-refractivity contribution in [3.63, 3.8) is 0 Å². The van der Waals surface area contributed by atoms with Gasteiger partial charge in [-0.05, 0) is 41.4 Å². The maximum absolute atomic E-state index is 11.9. The van der Waals surface area contributed by atoms with E-state index >= 15 is 0 Å². The number of hydrogen-bond donors (Lipinski definition) is 1. The fourth-order valence-electron chi connectivity index (χ4n) is 1.62. The maximum Gasteiger partial charge on any atom is 0.251 e. The molecular formula is C13H19BrN2O. The summed E-state index contributed by atoms with van der Waals surface area (Å²) < 4.78 is 0.684. The molecule has 0 saturated carbocycles. The third kappa shape index (κ3) is 5.31. The number of carbonyl (C=O) groups is 1. The minimum atomic E-state index is -0.0305. The lowest BCUT2D eigenvalue weighted by molar-refractivity contribution is 0.0937. The summed E-state index contributed by atoms with van der Waals surface area (Å²) in [4.78, 5) is 15.9. The van der Waals surface area contributed by atoms with Gasteiger partial charge in [-0.15, -0.1) is 0 Å². The maximum atomic E-state index is 11.9. The van der Waals surface area contributed by atoms with Crippen LogP contribution in [-0.2, 0) is 0 Å². The van der Waals surface area contributed by atoms with Crippen LogP contribution in [0.5, 0.6) is 0 Å². The standard InChI is InChI=1S/C13H19BrN2O/c1-3-4-5-6-10(2)16-13(17)11-7-8-15-12(14)9-11/h7-10H,3-6H2,1-2H3,(H,16,17). The Bertz CT molecular complexity index is 368. The molecule has 1 aromatic rings. The highest BCUT2D eigenvalue weighted by molar-refractivity contribution is 9.10. The van der Waals surface area contributed by atoms with E-state index in [9.17, 15) is 4.79 Å². The van der Waals surface area contributed by atoms with Gasteiger partial charge in [0.1, 0.15) is 4.60 Å². The highest BCUT2D eigenvalue weighted by Crippen LogP contribution is 2.09. The summed E-state index contributed by atoms with van der Waals surface area (Å²) >= 11 is 3.26. The van der Waals surface area contributed by atoms with Crippen LogP contribution in [0.2, 0.25) is 0 Å². The molecule has 4 heteroatoms. The SMILES string of the molecule is CCCCCC(C)NC(=O)c1ccnc(Br)c1. The van der Waals surface area contributed by atoms with Crippen molar-refractivity contribution in [2.45, 2.75) is 45.6 Å². The number of hydrogen-bond acceptors (Lipinski definition) is 2. The van der Waals surface area contributed by atoms with Gasteiger partial charge in [-0.3, -0.25) is 4.79 Å². The Kier molecular flexibility index (Phi) is 6.19. The van der Waals surface area contributed by atoms with Gasteiger partial charge in [0, 0.05) is 17.8 Å². The van der Waals surface area contributed by atoms with Gasteiger partial charge < -0.3 is 5.32 Å². The molecule has 0 aliphatic rings. The second-order valence-corrected chi connectivity index (χ2v) is 5.05. The molecule has 0 spiro atoms. The molecule has 1 N–H and O–H groups in total. The molecule has 94 valence electrons. The third-order valence-corrected chi connectivity index (χ3v) is 3.04. The third-order valence-electron chi connectivity index (χ3n) is 2.61. The van der Waals surface area contributed by atoms with E-state index in [2.05, 4.69) is 33.2 Å². The number of nitrogens with one attached hydrogen (secondary N) is 1. The Balaban J connectivity index is 2.43. The fraction of sp³-hybridized carbons (Fsp3) is 0.538. The van der Waals surface area contributed by atoms with E-state index < -0.39 is 0 Å². The van der Waals surface area contributed by atoms with Crippen molar-refractivity contribution in [3.8, 4) is 0 Å². The first-order chi connectivity index (χ1) is 8.13. The van der Waals surface area contributed by atoms with Crippen molar-refractivity contribution in [2.75, 3.05) is 0 Å². The van der Waals surface area contributed by atoms with Crippen LogP contribution in [0.1, 0.15) is 49.9 Å². The van der Waals surface area contributed by atoms with Crippen LogP contribution >= 0.6 is 15.9 Å². The van der Waals surface area contributed by atoms with Crippen LogP contribution in [0.4, 0.5) is 0 Å². The molecular weight excluding hydrogens is 280 g/mol. The molecule has 1 amide bonds. The number of unbranched alkanes of at least 4 members (excludes halogenated alkanes) is 2. The first-order valence-electron chi connectivity index (χ1n) is 6.06. The first-order valence-corrected chi connectivity index (χ1v) is 6.85. The second-order valence-electron chi connectivity index (χ2n) is 4.24. The van der Waals surface area contributed by atoms with Crippen molar-refractivity contribution < 1.29 is 4.79 Å². The molecule has 0 fully saturated rings. The van der Waals surface area contributed by atoms with Crippen LogP contribution in [0.3, 0.4) is 0 Å². The predicted octanol–water partition coefficient (Wildman–Crippen LogP) is 3.54. The summed E-state index contributed by atoms with van der Waals surface area (Å²) in [5.41, 5.74) is 0.647. The fourth-order valence-corrected chi connectivity index (χ4v) is 1.99. The summed E-state index contributed by atoms with van der Waals surface area (Å²) in [6.07, 6.45) is 6.25. The molecule has 1 atom stereocenters. The van der Waals surface area contributed by atoms with E-state index in [1.54, 1.807) is 18.3 Å². The molecule has 17 heavy (non-hydrogen) atoms. The number of nitrogens with zero attached hydrogens (tertiary/aromatic N) is 1. The van der Waals surface area contributed by atoms with E-state index in [4.69, 9.17) is 0 Å². The van der Waals surface area contributed by atoms with Crippen LogP contribution in [-0.4, -0.2) is 16.9 Å². The van der Waals surface area contributed by atoms with Crippen LogP contribution < -0.4 is 5.32 Å². The highest BCUT2D eigenvalue weighted by Gasteiger charge is 2.09. The molecule has 3 nitrogen and oxygen atoms in total. The smallest absolute Gasteiger partial charge is 0.251 e. The molecule has 1 rings (SSSR count). The van der Waals surface area contributed by atoms with Gasteiger partial charge in [0.2, 0.25) is 0 Å². The van der Waals surface area contributed by atoms with Crippen LogP contribution in [0.25, 0.3) is 0 Å². The Hall–Kier alpha value is -0.900. The van der Waals surface area contributed by atoms with Gasteiger partial charge in [-0.2, -0.15) is 0 Å². The molecule has 0 aliphatic carbocycles. The highest BCUT2D eigenvalue weighted by atomic mass is 79.9. The summed E-state index contributed by atoms with van der Waals surface area (Å²) in [5.74, 6) is -0.0305. The van der Waals surface area contributed by atoms with E-state index in [1.165, 1.54) is 12.8 Å². The molecule has 0 aliphatic heterocycles. The molecule has 0 bridgehead atoms. The van der Waals surface area contributed by atoms with Gasteiger partial charge in [0.25, 0.3) is 5.91 Å². The van der Waals surface area contributed by atoms with Crippen molar-refractivity contribution in [1.82, 2.24) is 10.3 Å². The number of rotatable bonds is 6. The number of pyridine rings is 1. The molecule has 0 saturated heterocycles. The predicted molar refractivity (Wildman–Crippen MR) is 73.0 cm³/mol. The van der Waals surface area contributed by atoms with Crippen molar-refractivity contribution in [2.24, 2.45) is 0 Å². The minimum absolute atomic E-state index is 0.0305. The molecule has 1 unspecified atom stereocenters. The summed E-state index contributed by atoms with van der Waals surface area (Å²) in [5, 5.41) is 2.99. The molecule has 1 heterocycles. The van der Waals surface area contributed by atoms with Gasteiger partial charge in [0.15, 0.2) is 0 Å². The zero-order valence-corrected chi connectivity index (χ0v) is 12.0. The summed E-state index contributed by atoms with van der Waals surface area (Å²) in [7, 11) is 0. The first kappa shape index (κ1) is 14.2.